The first-order valence-electron chi connectivity index (χ1n) is 10.7. The average Bonchev–Trinajstić information content (AvgIpc) is 3.24. The maximum atomic E-state index is 13.4. The molecule has 0 N–H and O–H groups in total. The zero-order chi connectivity index (χ0) is 22.4. The molecule has 0 bridgehead atoms. The second kappa shape index (κ2) is 10.8. The summed E-state index contributed by atoms with van der Waals surface area (Å²) < 4.78 is 11.3. The number of rotatable bonds is 9. The molecule has 168 valence electrons. The molecule has 0 radical (unpaired) electrons. The molecule has 2 aromatic rings. The van der Waals surface area contributed by atoms with E-state index in [1.165, 1.54) is 4.88 Å². The van der Waals surface area contributed by atoms with E-state index in [1.807, 2.05) is 49.9 Å². The highest BCUT2D eigenvalue weighted by Crippen LogP contribution is 2.34. The van der Waals surface area contributed by atoms with Gasteiger partial charge in [-0.1, -0.05) is 32.0 Å². The second-order valence-electron chi connectivity index (χ2n) is 8.14. The van der Waals surface area contributed by atoms with E-state index in [0.717, 1.165) is 23.3 Å². The number of nitrogens with zero attached hydrogens (tertiary/aromatic N) is 2. The van der Waals surface area contributed by atoms with Gasteiger partial charge in [0.15, 0.2) is 0 Å². The Balaban J connectivity index is 1.77. The molecular weight excluding hydrogens is 412 g/mol. The average molecular weight is 445 g/mol. The Morgan fingerprint density at radius 1 is 1.26 bits per heavy atom. The van der Waals surface area contributed by atoms with Gasteiger partial charge in [-0.05, 0) is 42.0 Å². The zero-order valence-electron chi connectivity index (χ0n) is 18.8. The Hall–Kier alpha value is -2.38. The summed E-state index contributed by atoms with van der Waals surface area (Å²) in [5.74, 6) is 0.565. The first-order valence-corrected chi connectivity index (χ1v) is 11.6. The van der Waals surface area contributed by atoms with Crippen LogP contribution in [0.25, 0.3) is 0 Å². The van der Waals surface area contributed by atoms with Gasteiger partial charge in [0, 0.05) is 31.0 Å². The van der Waals surface area contributed by atoms with Gasteiger partial charge in [-0.3, -0.25) is 9.59 Å². The van der Waals surface area contributed by atoms with E-state index >= 15 is 0 Å². The van der Waals surface area contributed by atoms with Crippen molar-refractivity contribution in [2.75, 3.05) is 40.0 Å². The first kappa shape index (κ1) is 23.3. The number of carbonyl (C=O) groups is 2. The second-order valence-corrected chi connectivity index (χ2v) is 9.14. The minimum Gasteiger partial charge on any atom is -0.491 e. The Bertz CT molecular complexity index is 895. The van der Waals surface area contributed by atoms with Crippen LogP contribution in [0.1, 0.15) is 35.9 Å². The molecule has 2 amide bonds. The van der Waals surface area contributed by atoms with Crippen molar-refractivity contribution in [1.29, 1.82) is 0 Å². The highest BCUT2D eigenvalue weighted by atomic mass is 32.1. The molecule has 6 nitrogen and oxygen atoms in total. The third kappa shape index (κ3) is 5.66. The molecule has 0 aliphatic carbocycles. The van der Waals surface area contributed by atoms with E-state index in [0.29, 0.717) is 26.3 Å². The van der Waals surface area contributed by atoms with Crippen LogP contribution >= 0.6 is 11.3 Å². The van der Waals surface area contributed by atoms with Gasteiger partial charge in [0.05, 0.1) is 19.2 Å². The quantitative estimate of drug-likeness (QED) is 0.592. The molecule has 7 heteroatoms. The smallest absolute Gasteiger partial charge is 0.242 e. The Morgan fingerprint density at radius 3 is 2.74 bits per heavy atom. The number of hydrogen-bond acceptors (Lipinski definition) is 5. The minimum absolute atomic E-state index is 0.0358. The van der Waals surface area contributed by atoms with Crippen LogP contribution in [0.5, 0.6) is 5.75 Å². The van der Waals surface area contributed by atoms with Crippen molar-refractivity contribution in [2.24, 2.45) is 5.92 Å². The lowest BCUT2D eigenvalue weighted by Gasteiger charge is -2.37. The number of ether oxygens (including phenoxy) is 2. The van der Waals surface area contributed by atoms with E-state index in [1.54, 1.807) is 23.3 Å². The van der Waals surface area contributed by atoms with Crippen LogP contribution in [-0.4, -0.2) is 61.6 Å². The monoisotopic (exact) mass is 444 g/mol. The van der Waals surface area contributed by atoms with Crippen LogP contribution in [-0.2, 0) is 20.7 Å². The van der Waals surface area contributed by atoms with Crippen LogP contribution in [0.3, 0.4) is 0 Å². The molecule has 3 rings (SSSR count). The minimum atomic E-state index is -0.172. The van der Waals surface area contributed by atoms with Gasteiger partial charge in [-0.25, -0.2) is 0 Å². The highest BCUT2D eigenvalue weighted by molar-refractivity contribution is 7.10. The summed E-state index contributed by atoms with van der Waals surface area (Å²) in [6.07, 6.45) is 0.829. The molecule has 31 heavy (non-hydrogen) atoms. The van der Waals surface area contributed by atoms with Crippen LogP contribution in [0.4, 0.5) is 0 Å². The van der Waals surface area contributed by atoms with E-state index in [9.17, 15) is 9.59 Å². The van der Waals surface area contributed by atoms with Crippen molar-refractivity contribution in [1.82, 2.24) is 9.80 Å². The van der Waals surface area contributed by atoms with E-state index in [4.69, 9.17) is 9.47 Å². The van der Waals surface area contributed by atoms with Crippen molar-refractivity contribution < 1.29 is 19.1 Å². The van der Waals surface area contributed by atoms with E-state index in [-0.39, 0.29) is 30.3 Å². The third-order valence-electron chi connectivity index (χ3n) is 5.60. The van der Waals surface area contributed by atoms with Crippen LogP contribution < -0.4 is 4.74 Å². The van der Waals surface area contributed by atoms with Crippen LogP contribution in [0.15, 0.2) is 35.7 Å². The zero-order valence-corrected chi connectivity index (χ0v) is 19.6. The molecule has 1 aromatic carbocycles. The van der Waals surface area contributed by atoms with Gasteiger partial charge in [-0.15, -0.1) is 11.3 Å². The number of fused-ring (bicyclic) bond motifs is 1. The number of para-hydroxylation sites is 1. The molecule has 0 unspecified atom stereocenters. The van der Waals surface area contributed by atoms with Crippen molar-refractivity contribution in [3.63, 3.8) is 0 Å². The highest BCUT2D eigenvalue weighted by Gasteiger charge is 2.33. The van der Waals surface area contributed by atoms with Crippen molar-refractivity contribution >= 4 is 23.2 Å². The lowest BCUT2D eigenvalue weighted by molar-refractivity contribution is -0.144. The van der Waals surface area contributed by atoms with E-state index in [2.05, 4.69) is 11.4 Å². The molecule has 1 aliphatic rings. The fraction of sp³-hybridized carbons (Fsp3) is 0.500. The summed E-state index contributed by atoms with van der Waals surface area (Å²) in [6.45, 7) is 7.59. The van der Waals surface area contributed by atoms with Crippen molar-refractivity contribution in [3.8, 4) is 5.75 Å². The van der Waals surface area contributed by atoms with Gasteiger partial charge in [0.25, 0.3) is 0 Å². The van der Waals surface area contributed by atoms with E-state index < -0.39 is 0 Å². The molecule has 0 saturated carbocycles. The summed E-state index contributed by atoms with van der Waals surface area (Å²) in [5.41, 5.74) is 2.21. The lowest BCUT2D eigenvalue weighted by atomic mass is 10.00. The maximum Gasteiger partial charge on any atom is 0.242 e. The number of hydrogen-bond donors (Lipinski definition) is 0. The standard InChI is InChI=1S/C24H32N2O4S/c1-17(2)24(28)25(12-13-29-4)15-23(27)26-11-9-22-19(10-14-31-22)20(26)16-30-21-8-6-5-7-18(21)3/h5-8,10,14,17,20H,9,11-13,15-16H2,1-4H3/t20-/m1/s1. The van der Waals surface area contributed by atoms with Gasteiger partial charge >= 0.3 is 0 Å². The number of carbonyl (C=O) groups excluding carboxylic acids is 2. The molecule has 2 heterocycles. The summed E-state index contributed by atoms with van der Waals surface area (Å²) in [6, 6.07) is 9.82. The Morgan fingerprint density at radius 2 is 2.03 bits per heavy atom. The van der Waals surface area contributed by atoms with Crippen LogP contribution in [0, 0.1) is 12.8 Å². The van der Waals surface area contributed by atoms with Gasteiger partial charge in [0.2, 0.25) is 11.8 Å². The maximum absolute atomic E-state index is 13.4. The fourth-order valence-corrected chi connectivity index (χ4v) is 4.78. The molecule has 1 atom stereocenters. The molecule has 1 aromatic heterocycles. The molecule has 0 saturated heterocycles. The van der Waals surface area contributed by atoms with Gasteiger partial charge in [0.1, 0.15) is 12.4 Å². The normalized spacial score (nSPS) is 15.6. The lowest BCUT2D eigenvalue weighted by Crippen LogP contribution is -2.49. The van der Waals surface area contributed by atoms with Crippen molar-refractivity contribution in [3.05, 3.63) is 51.7 Å². The summed E-state index contributed by atoms with van der Waals surface area (Å²) in [5, 5.41) is 2.08. The number of amides is 2. The number of aryl methyl sites for hydroxylation is 1. The number of methoxy groups -OCH3 is 1. The molecule has 0 fully saturated rings. The van der Waals surface area contributed by atoms with Gasteiger partial charge < -0.3 is 19.3 Å². The first-order chi connectivity index (χ1) is 14.9. The molecule has 0 spiro atoms. The number of benzene rings is 1. The fourth-order valence-electron chi connectivity index (χ4n) is 3.85. The summed E-state index contributed by atoms with van der Waals surface area (Å²) >= 11 is 1.73. The van der Waals surface area contributed by atoms with Crippen LogP contribution in [0.2, 0.25) is 0 Å². The largest absolute Gasteiger partial charge is 0.491 e. The van der Waals surface area contributed by atoms with Gasteiger partial charge in [-0.2, -0.15) is 0 Å². The molecular formula is C24H32N2O4S. The summed E-state index contributed by atoms with van der Waals surface area (Å²) in [7, 11) is 1.60. The number of thiophene rings is 1. The third-order valence-corrected chi connectivity index (χ3v) is 6.60. The summed E-state index contributed by atoms with van der Waals surface area (Å²) in [4.78, 5) is 30.8. The predicted molar refractivity (Wildman–Crippen MR) is 122 cm³/mol. The predicted octanol–water partition coefficient (Wildman–Crippen LogP) is 3.69. The van der Waals surface area contributed by atoms with Crippen molar-refractivity contribution in [2.45, 2.75) is 33.2 Å². The molecule has 1 aliphatic heterocycles. The Labute approximate surface area is 188 Å². The Kier molecular flexibility index (Phi) is 8.09. The SMILES string of the molecule is COCCN(CC(=O)N1CCc2sccc2[C@H]1COc1ccccc1C)C(=O)C(C)C. The topological polar surface area (TPSA) is 59.1 Å².